The summed E-state index contributed by atoms with van der Waals surface area (Å²) in [7, 11) is 1.62. The van der Waals surface area contributed by atoms with E-state index < -0.39 is 0 Å². The van der Waals surface area contributed by atoms with Crippen LogP contribution in [0.2, 0.25) is 0 Å². The largest absolute Gasteiger partial charge is 0.497 e. The molecule has 4 rings (SSSR count). The number of rotatable bonds is 6. The van der Waals surface area contributed by atoms with Gasteiger partial charge >= 0.3 is 0 Å². The van der Waals surface area contributed by atoms with Crippen LogP contribution in [0.25, 0.3) is 28.2 Å². The number of nitrogens with zero attached hydrogens (tertiary/aromatic N) is 2. The van der Waals surface area contributed by atoms with Gasteiger partial charge in [-0.25, -0.2) is 4.98 Å². The molecule has 0 aliphatic heterocycles. The lowest BCUT2D eigenvalue weighted by Crippen LogP contribution is -2.20. The summed E-state index contributed by atoms with van der Waals surface area (Å²) >= 11 is 0. The Labute approximate surface area is 168 Å². The molecule has 6 heteroatoms. The predicted molar refractivity (Wildman–Crippen MR) is 113 cm³/mol. The molecule has 0 bridgehead atoms. The zero-order valence-corrected chi connectivity index (χ0v) is 15.9. The van der Waals surface area contributed by atoms with Crippen molar-refractivity contribution in [1.82, 2.24) is 20.5 Å². The van der Waals surface area contributed by atoms with Gasteiger partial charge in [-0.3, -0.25) is 9.89 Å². The minimum Gasteiger partial charge on any atom is -0.497 e. The fourth-order valence-corrected chi connectivity index (χ4v) is 3.03. The number of aromatic nitrogens is 3. The highest BCUT2D eigenvalue weighted by atomic mass is 16.5. The van der Waals surface area contributed by atoms with Crippen molar-refractivity contribution < 1.29 is 9.53 Å². The van der Waals surface area contributed by atoms with Gasteiger partial charge < -0.3 is 10.1 Å². The molecule has 0 spiro atoms. The molecular weight excluding hydrogens is 364 g/mol. The second-order valence-corrected chi connectivity index (χ2v) is 6.45. The summed E-state index contributed by atoms with van der Waals surface area (Å²) in [5, 5.41) is 12.1. The van der Waals surface area contributed by atoms with Gasteiger partial charge in [-0.15, -0.1) is 0 Å². The third-order valence-electron chi connectivity index (χ3n) is 4.55. The molecule has 6 nitrogen and oxygen atoms in total. The van der Waals surface area contributed by atoms with Gasteiger partial charge in [0.2, 0.25) is 5.91 Å². The minimum absolute atomic E-state index is 0.194. The molecule has 3 aromatic carbocycles. The summed E-state index contributed by atoms with van der Waals surface area (Å²) in [4.78, 5) is 16.6. The number of hydrogen-bond acceptors (Lipinski definition) is 4. The van der Waals surface area contributed by atoms with Gasteiger partial charge in [-0.05, 0) is 46.7 Å². The average molecular weight is 384 g/mol. The molecule has 1 amide bonds. The quantitative estimate of drug-likeness (QED) is 0.493. The Kier molecular flexibility index (Phi) is 5.33. The minimum atomic E-state index is -0.194. The van der Waals surface area contributed by atoms with Crippen molar-refractivity contribution in [2.75, 3.05) is 7.11 Å². The van der Waals surface area contributed by atoms with Crippen LogP contribution >= 0.6 is 0 Å². The molecule has 2 N–H and O–H groups in total. The van der Waals surface area contributed by atoms with Crippen LogP contribution in [0.15, 0.2) is 72.8 Å². The van der Waals surface area contributed by atoms with Gasteiger partial charge in [0, 0.05) is 11.6 Å². The van der Waals surface area contributed by atoms with E-state index in [1.165, 1.54) is 6.08 Å². The normalized spacial score (nSPS) is 11.1. The number of nitrogens with one attached hydrogen (secondary N) is 2. The van der Waals surface area contributed by atoms with Gasteiger partial charge in [0.15, 0.2) is 5.82 Å². The molecule has 0 aliphatic rings. The number of carbonyl (C=O) groups is 1. The first-order valence-corrected chi connectivity index (χ1v) is 9.22. The van der Waals surface area contributed by atoms with Crippen molar-refractivity contribution in [3.63, 3.8) is 0 Å². The second-order valence-electron chi connectivity index (χ2n) is 6.45. The zero-order valence-electron chi connectivity index (χ0n) is 15.9. The number of benzene rings is 3. The van der Waals surface area contributed by atoms with Crippen LogP contribution in [0.4, 0.5) is 0 Å². The van der Waals surface area contributed by atoms with Crippen LogP contribution in [0.5, 0.6) is 5.75 Å². The maximum absolute atomic E-state index is 12.2. The summed E-state index contributed by atoms with van der Waals surface area (Å²) in [6.07, 6.45) is 3.35. The lowest BCUT2D eigenvalue weighted by atomic mass is 10.0. The first-order valence-electron chi connectivity index (χ1n) is 9.22. The average Bonchev–Trinajstić information content (AvgIpc) is 3.25. The standard InChI is InChI=1S/C23H20N4O2/c1-29-19-12-9-18(10-13-19)23-25-21(26-27-23)15-24-22(28)14-11-17-7-4-6-16-5-2-3-8-20(16)17/h2-14H,15H2,1H3,(H,24,28)(H,25,26,27)/b14-11+. The molecule has 0 fully saturated rings. The molecule has 0 saturated carbocycles. The van der Waals surface area contributed by atoms with Crippen molar-refractivity contribution >= 4 is 22.8 Å². The number of carbonyl (C=O) groups excluding carboxylic acids is 1. The van der Waals surface area contributed by atoms with Crippen molar-refractivity contribution in [3.05, 3.63) is 84.2 Å². The van der Waals surface area contributed by atoms with Gasteiger partial charge in [-0.1, -0.05) is 42.5 Å². The number of methoxy groups -OCH3 is 1. The van der Waals surface area contributed by atoms with E-state index in [0.717, 1.165) is 27.6 Å². The third-order valence-corrected chi connectivity index (χ3v) is 4.55. The Morgan fingerprint density at radius 1 is 1.07 bits per heavy atom. The maximum Gasteiger partial charge on any atom is 0.244 e. The Morgan fingerprint density at radius 3 is 2.69 bits per heavy atom. The van der Waals surface area contributed by atoms with Gasteiger partial charge in [0.05, 0.1) is 13.7 Å². The van der Waals surface area contributed by atoms with Gasteiger partial charge in [0.1, 0.15) is 11.6 Å². The van der Waals surface area contributed by atoms with Crippen LogP contribution in [0.1, 0.15) is 11.4 Å². The number of amides is 1. The highest BCUT2D eigenvalue weighted by Crippen LogP contribution is 2.20. The van der Waals surface area contributed by atoms with E-state index in [9.17, 15) is 4.79 Å². The number of ether oxygens (including phenoxy) is 1. The molecule has 1 heterocycles. The van der Waals surface area contributed by atoms with Crippen molar-refractivity contribution in [2.24, 2.45) is 0 Å². The fraction of sp³-hybridized carbons (Fsp3) is 0.0870. The van der Waals surface area contributed by atoms with Gasteiger partial charge in [0.25, 0.3) is 0 Å². The van der Waals surface area contributed by atoms with E-state index in [0.29, 0.717) is 11.6 Å². The molecule has 4 aromatic rings. The molecule has 29 heavy (non-hydrogen) atoms. The number of aromatic amines is 1. The van der Waals surface area contributed by atoms with Crippen molar-refractivity contribution in [3.8, 4) is 17.1 Å². The topological polar surface area (TPSA) is 79.9 Å². The lowest BCUT2D eigenvalue weighted by Gasteiger charge is -2.02. The fourth-order valence-electron chi connectivity index (χ4n) is 3.03. The molecule has 0 radical (unpaired) electrons. The first kappa shape index (κ1) is 18.4. The summed E-state index contributed by atoms with van der Waals surface area (Å²) in [6.45, 7) is 0.266. The highest BCUT2D eigenvalue weighted by Gasteiger charge is 2.07. The second kappa shape index (κ2) is 8.39. The lowest BCUT2D eigenvalue weighted by molar-refractivity contribution is -0.116. The Morgan fingerprint density at radius 2 is 1.86 bits per heavy atom. The molecule has 0 saturated heterocycles. The van der Waals surface area contributed by atoms with Crippen LogP contribution in [-0.4, -0.2) is 28.2 Å². The molecule has 1 aromatic heterocycles. The Balaban J connectivity index is 1.38. The van der Waals surface area contributed by atoms with Crippen molar-refractivity contribution in [1.29, 1.82) is 0 Å². The maximum atomic E-state index is 12.2. The zero-order chi connectivity index (χ0) is 20.1. The molecule has 0 aliphatic carbocycles. The van der Waals surface area contributed by atoms with E-state index in [1.54, 1.807) is 7.11 Å². The van der Waals surface area contributed by atoms with Gasteiger partial charge in [-0.2, -0.15) is 5.10 Å². The number of fused-ring (bicyclic) bond motifs is 1. The first-order chi connectivity index (χ1) is 14.2. The van der Waals surface area contributed by atoms with E-state index in [1.807, 2.05) is 60.7 Å². The van der Waals surface area contributed by atoms with Crippen LogP contribution in [0.3, 0.4) is 0 Å². The van der Waals surface area contributed by atoms with Crippen LogP contribution in [0, 0.1) is 0 Å². The predicted octanol–water partition coefficient (Wildman–Crippen LogP) is 3.96. The molecule has 0 atom stereocenters. The van der Waals surface area contributed by atoms with E-state index >= 15 is 0 Å². The summed E-state index contributed by atoms with van der Waals surface area (Å²) in [5.74, 6) is 1.74. The highest BCUT2D eigenvalue weighted by molar-refractivity contribution is 5.96. The van der Waals surface area contributed by atoms with Crippen LogP contribution in [-0.2, 0) is 11.3 Å². The SMILES string of the molecule is COc1ccc(-c2n[nH]c(CNC(=O)/C=C/c3cccc4ccccc34)n2)cc1. The molecule has 144 valence electrons. The van der Waals surface area contributed by atoms with Crippen molar-refractivity contribution in [2.45, 2.75) is 6.54 Å². The summed E-state index contributed by atoms with van der Waals surface area (Å²) in [5.41, 5.74) is 1.87. The third kappa shape index (κ3) is 4.32. The summed E-state index contributed by atoms with van der Waals surface area (Å²) < 4.78 is 5.15. The Hall–Kier alpha value is -3.93. The molecular formula is C23H20N4O2. The number of hydrogen-bond donors (Lipinski definition) is 2. The van der Waals surface area contributed by atoms with E-state index in [4.69, 9.17) is 4.74 Å². The van der Waals surface area contributed by atoms with E-state index in [2.05, 4.69) is 32.6 Å². The van der Waals surface area contributed by atoms with E-state index in [-0.39, 0.29) is 12.5 Å². The smallest absolute Gasteiger partial charge is 0.244 e. The monoisotopic (exact) mass is 384 g/mol. The Bertz CT molecular complexity index is 1160. The molecule has 0 unspecified atom stereocenters. The van der Waals surface area contributed by atoms with Crippen LogP contribution < -0.4 is 10.1 Å². The number of H-pyrrole nitrogens is 1. The summed E-state index contributed by atoms with van der Waals surface area (Å²) in [6, 6.07) is 21.6.